The summed E-state index contributed by atoms with van der Waals surface area (Å²) >= 11 is 0. The largest absolute Gasteiger partial charge is 0.481 e. The Morgan fingerprint density at radius 3 is 2.61 bits per heavy atom. The van der Waals surface area contributed by atoms with E-state index >= 15 is 0 Å². The highest BCUT2D eigenvalue weighted by molar-refractivity contribution is 5.89. The van der Waals surface area contributed by atoms with E-state index in [2.05, 4.69) is 21.8 Å². The molecule has 1 aromatic carbocycles. The Morgan fingerprint density at radius 2 is 1.91 bits per heavy atom. The minimum absolute atomic E-state index is 0.583. The first-order chi connectivity index (χ1) is 11.2. The standard InChI is InChI=1S/C19H16N2O2/c1-13(22)3-4-14-9-10-20-18-7-5-15(11-17(14)18)16-6-8-19(23-2)21-12-16/h5-13,22H,1-2H3. The molecule has 0 aliphatic rings. The van der Waals surface area contributed by atoms with E-state index in [4.69, 9.17) is 4.74 Å². The number of aliphatic hydroxyl groups excluding tert-OH is 1. The maximum Gasteiger partial charge on any atom is 0.212 e. The molecule has 0 amide bonds. The average Bonchev–Trinajstić information content (AvgIpc) is 2.59. The zero-order valence-electron chi connectivity index (χ0n) is 12.9. The van der Waals surface area contributed by atoms with Gasteiger partial charge in [0.1, 0.15) is 6.10 Å². The summed E-state index contributed by atoms with van der Waals surface area (Å²) in [7, 11) is 1.59. The van der Waals surface area contributed by atoms with E-state index in [1.54, 1.807) is 26.4 Å². The lowest BCUT2D eigenvalue weighted by Gasteiger charge is -2.06. The fourth-order valence-electron chi connectivity index (χ4n) is 2.29. The van der Waals surface area contributed by atoms with Crippen LogP contribution in [0.2, 0.25) is 0 Å². The summed E-state index contributed by atoms with van der Waals surface area (Å²) in [5.74, 6) is 6.37. The van der Waals surface area contributed by atoms with Crippen molar-refractivity contribution in [2.75, 3.05) is 7.11 Å². The molecule has 0 aliphatic carbocycles. The molecule has 4 heteroatoms. The van der Waals surface area contributed by atoms with Crippen LogP contribution in [-0.2, 0) is 0 Å². The van der Waals surface area contributed by atoms with Gasteiger partial charge in [-0.25, -0.2) is 4.98 Å². The van der Waals surface area contributed by atoms with Crippen molar-refractivity contribution in [3.8, 4) is 28.8 Å². The lowest BCUT2D eigenvalue weighted by Crippen LogP contribution is -1.93. The van der Waals surface area contributed by atoms with Crippen molar-refractivity contribution in [3.05, 3.63) is 54.4 Å². The third-order valence-electron chi connectivity index (χ3n) is 3.44. The summed E-state index contributed by atoms with van der Waals surface area (Å²) < 4.78 is 5.09. The van der Waals surface area contributed by atoms with Gasteiger partial charge in [-0.05, 0) is 36.8 Å². The summed E-state index contributed by atoms with van der Waals surface area (Å²) in [6.45, 7) is 1.64. The molecule has 1 atom stereocenters. The van der Waals surface area contributed by atoms with Crippen LogP contribution in [0.4, 0.5) is 0 Å². The highest BCUT2D eigenvalue weighted by atomic mass is 16.5. The molecular formula is C19H16N2O2. The zero-order valence-corrected chi connectivity index (χ0v) is 12.9. The number of fused-ring (bicyclic) bond motifs is 1. The van der Waals surface area contributed by atoms with Gasteiger partial charge >= 0.3 is 0 Å². The van der Waals surface area contributed by atoms with Crippen LogP contribution in [0.5, 0.6) is 5.88 Å². The van der Waals surface area contributed by atoms with Crippen molar-refractivity contribution in [1.82, 2.24) is 9.97 Å². The predicted octanol–water partition coefficient (Wildman–Crippen LogP) is 3.04. The molecule has 0 bridgehead atoms. The second kappa shape index (κ2) is 6.47. The van der Waals surface area contributed by atoms with Crippen LogP contribution in [0.1, 0.15) is 12.5 Å². The normalized spacial score (nSPS) is 11.6. The van der Waals surface area contributed by atoms with Gasteiger partial charge < -0.3 is 9.84 Å². The molecule has 4 nitrogen and oxygen atoms in total. The van der Waals surface area contributed by atoms with Crippen molar-refractivity contribution in [2.24, 2.45) is 0 Å². The molecule has 3 rings (SSSR count). The minimum atomic E-state index is -0.660. The highest BCUT2D eigenvalue weighted by Gasteiger charge is 2.05. The molecule has 1 unspecified atom stereocenters. The predicted molar refractivity (Wildman–Crippen MR) is 90.1 cm³/mol. The molecule has 3 aromatic rings. The van der Waals surface area contributed by atoms with Crippen molar-refractivity contribution in [3.63, 3.8) is 0 Å². The first-order valence-electron chi connectivity index (χ1n) is 7.26. The monoisotopic (exact) mass is 304 g/mol. The fraction of sp³-hybridized carbons (Fsp3) is 0.158. The summed E-state index contributed by atoms with van der Waals surface area (Å²) in [5.41, 5.74) is 3.73. The smallest absolute Gasteiger partial charge is 0.212 e. The van der Waals surface area contributed by atoms with Crippen LogP contribution >= 0.6 is 0 Å². The van der Waals surface area contributed by atoms with Gasteiger partial charge in [0, 0.05) is 35.0 Å². The quantitative estimate of drug-likeness (QED) is 0.739. The maximum absolute atomic E-state index is 9.36. The number of aliphatic hydroxyl groups is 1. The summed E-state index contributed by atoms with van der Waals surface area (Å²) in [4.78, 5) is 8.60. The number of methoxy groups -OCH3 is 1. The molecule has 1 N–H and O–H groups in total. The van der Waals surface area contributed by atoms with E-state index in [0.717, 1.165) is 27.6 Å². The Morgan fingerprint density at radius 1 is 1.09 bits per heavy atom. The molecule has 0 radical (unpaired) electrons. The van der Waals surface area contributed by atoms with Crippen molar-refractivity contribution in [1.29, 1.82) is 0 Å². The molecule has 0 saturated heterocycles. The Balaban J connectivity index is 2.09. The molecule has 2 aromatic heterocycles. The van der Waals surface area contributed by atoms with Crippen LogP contribution in [0.3, 0.4) is 0 Å². The van der Waals surface area contributed by atoms with Crippen LogP contribution in [0.25, 0.3) is 22.0 Å². The topological polar surface area (TPSA) is 55.2 Å². The van der Waals surface area contributed by atoms with Crippen LogP contribution in [0, 0.1) is 11.8 Å². The van der Waals surface area contributed by atoms with Gasteiger partial charge in [-0.15, -0.1) is 0 Å². The highest BCUT2D eigenvalue weighted by Crippen LogP contribution is 2.25. The summed E-state index contributed by atoms with van der Waals surface area (Å²) in [6, 6.07) is 11.7. The number of nitrogens with zero attached hydrogens (tertiary/aromatic N) is 2. The van der Waals surface area contributed by atoms with Crippen molar-refractivity contribution >= 4 is 10.9 Å². The van der Waals surface area contributed by atoms with Gasteiger partial charge in [0.05, 0.1) is 12.6 Å². The second-order valence-corrected chi connectivity index (χ2v) is 5.12. The number of ether oxygens (including phenoxy) is 1. The lowest BCUT2D eigenvalue weighted by atomic mass is 10.0. The summed E-state index contributed by atoms with van der Waals surface area (Å²) in [5, 5.41) is 10.3. The second-order valence-electron chi connectivity index (χ2n) is 5.12. The Labute approximate surface area is 134 Å². The van der Waals surface area contributed by atoms with E-state index in [1.165, 1.54) is 0 Å². The zero-order chi connectivity index (χ0) is 16.2. The number of rotatable bonds is 2. The van der Waals surface area contributed by atoms with Crippen molar-refractivity contribution in [2.45, 2.75) is 13.0 Å². The molecule has 114 valence electrons. The van der Waals surface area contributed by atoms with E-state index in [1.807, 2.05) is 36.4 Å². The number of hydrogen-bond donors (Lipinski definition) is 1. The van der Waals surface area contributed by atoms with E-state index in [9.17, 15) is 5.11 Å². The third-order valence-corrected chi connectivity index (χ3v) is 3.44. The van der Waals surface area contributed by atoms with Crippen LogP contribution in [-0.4, -0.2) is 28.3 Å². The van der Waals surface area contributed by atoms with E-state index in [-0.39, 0.29) is 0 Å². The van der Waals surface area contributed by atoms with Gasteiger partial charge in [-0.3, -0.25) is 4.98 Å². The maximum atomic E-state index is 9.36. The Bertz CT molecular complexity index is 891. The number of pyridine rings is 2. The van der Waals surface area contributed by atoms with Gasteiger partial charge in [0.25, 0.3) is 0 Å². The van der Waals surface area contributed by atoms with E-state index < -0.39 is 6.10 Å². The molecule has 2 heterocycles. The first kappa shape index (κ1) is 15.0. The Kier molecular flexibility index (Phi) is 4.22. The van der Waals surface area contributed by atoms with Crippen LogP contribution in [0.15, 0.2) is 48.8 Å². The van der Waals surface area contributed by atoms with Gasteiger partial charge in [0.15, 0.2) is 0 Å². The molecule has 0 spiro atoms. The molecule has 0 saturated carbocycles. The first-order valence-corrected chi connectivity index (χ1v) is 7.26. The SMILES string of the molecule is COc1ccc(-c2ccc3nccc(C#CC(C)O)c3c2)cn1. The Hall–Kier alpha value is -2.90. The van der Waals surface area contributed by atoms with Gasteiger partial charge in [0.2, 0.25) is 5.88 Å². The van der Waals surface area contributed by atoms with Crippen LogP contribution < -0.4 is 4.74 Å². The summed E-state index contributed by atoms with van der Waals surface area (Å²) in [6.07, 6.45) is 2.84. The lowest BCUT2D eigenvalue weighted by molar-refractivity contribution is 0.253. The average molecular weight is 304 g/mol. The van der Waals surface area contributed by atoms with E-state index in [0.29, 0.717) is 5.88 Å². The van der Waals surface area contributed by atoms with Gasteiger partial charge in [-0.1, -0.05) is 17.9 Å². The van der Waals surface area contributed by atoms with Crippen molar-refractivity contribution < 1.29 is 9.84 Å². The number of aromatic nitrogens is 2. The fourth-order valence-corrected chi connectivity index (χ4v) is 2.29. The molecule has 0 fully saturated rings. The molecule has 0 aliphatic heterocycles. The molecule has 23 heavy (non-hydrogen) atoms. The van der Waals surface area contributed by atoms with Gasteiger partial charge in [-0.2, -0.15) is 0 Å². The number of benzene rings is 1. The molecular weight excluding hydrogens is 288 g/mol. The minimum Gasteiger partial charge on any atom is -0.481 e. The number of hydrogen-bond acceptors (Lipinski definition) is 4. The third kappa shape index (κ3) is 3.31.